The van der Waals surface area contributed by atoms with Gasteiger partial charge < -0.3 is 0 Å². The van der Waals surface area contributed by atoms with E-state index in [4.69, 9.17) is 0 Å². The molecule has 0 aliphatic rings. The Balaban J connectivity index is 0.000000215. The molecule has 2 aromatic heterocycles. The van der Waals surface area contributed by atoms with Gasteiger partial charge in [-0.05, 0) is 24.3 Å². The number of aryl methyl sites for hydroxylation is 3. The van der Waals surface area contributed by atoms with Gasteiger partial charge in [0.1, 0.15) is 0 Å². The largest absolute Gasteiger partial charge is 0.255 e. The van der Waals surface area contributed by atoms with E-state index < -0.39 is 0 Å². The molecule has 0 spiro atoms. The van der Waals surface area contributed by atoms with Crippen LogP contribution >= 0.6 is 14.2 Å². The average Bonchev–Trinajstić information content (AvgIpc) is 2.58. The molecule has 0 unspecified atom stereocenters. The monoisotopic (exact) mass is 412 g/mol. The van der Waals surface area contributed by atoms with Gasteiger partial charge in [0.25, 0.3) is 0 Å². The van der Waals surface area contributed by atoms with Crippen molar-refractivity contribution in [2.45, 2.75) is 20.8 Å². The van der Waals surface area contributed by atoms with Crippen LogP contribution in [0.4, 0.5) is 0 Å². The van der Waals surface area contributed by atoms with Crippen molar-refractivity contribution in [3.05, 3.63) is 83.7 Å². The van der Waals surface area contributed by atoms with Gasteiger partial charge in [-0.15, -0.1) is 0 Å². The molecule has 0 amide bonds. The Morgan fingerprint density at radius 2 is 1.22 bits per heavy atom. The molecule has 123 valence electrons. The maximum atomic E-state index is 4.19. The van der Waals surface area contributed by atoms with Gasteiger partial charge in [-0.1, -0.05) is 32.9 Å². The molecule has 0 saturated heterocycles. The zero-order valence-electron chi connectivity index (χ0n) is 13.4. The van der Waals surface area contributed by atoms with Gasteiger partial charge in [0, 0.05) is 12.4 Å². The zero-order chi connectivity index (χ0) is 17.1. The predicted molar refractivity (Wildman–Crippen MR) is 95.9 cm³/mol. The molecule has 0 aliphatic carbocycles. The van der Waals surface area contributed by atoms with E-state index in [0.717, 1.165) is 11.4 Å². The van der Waals surface area contributed by atoms with Gasteiger partial charge in [0.05, 0.1) is 11.4 Å². The third-order valence-corrected chi connectivity index (χ3v) is 2.87. The van der Waals surface area contributed by atoms with Crippen molar-refractivity contribution in [3.8, 4) is 11.4 Å². The van der Waals surface area contributed by atoms with E-state index >= 15 is 0 Å². The van der Waals surface area contributed by atoms with E-state index in [1.54, 1.807) is 12.4 Å². The van der Waals surface area contributed by atoms with Gasteiger partial charge in [0.15, 0.2) is 0 Å². The second kappa shape index (κ2) is 11.1. The van der Waals surface area contributed by atoms with E-state index in [9.17, 15) is 0 Å². The van der Waals surface area contributed by atoms with Crippen LogP contribution in [0, 0.1) is 26.8 Å². The van der Waals surface area contributed by atoms with Crippen molar-refractivity contribution in [1.29, 1.82) is 0 Å². The molecule has 0 bridgehead atoms. The number of rotatable bonds is 1. The van der Waals surface area contributed by atoms with Gasteiger partial charge >= 0.3 is 27.9 Å². The summed E-state index contributed by atoms with van der Waals surface area (Å²) in [5.74, 6) is 0. The van der Waals surface area contributed by atoms with E-state index in [-0.39, 0.29) is 0 Å². The first-order chi connectivity index (χ1) is 11.1. The summed E-state index contributed by atoms with van der Waals surface area (Å²) in [4.78, 5) is 8.37. The number of benzene rings is 1. The molecule has 0 N–H and O–H groups in total. The van der Waals surface area contributed by atoms with Gasteiger partial charge in [-0.25, -0.2) is 0 Å². The first-order valence-electron chi connectivity index (χ1n) is 7.07. The Morgan fingerprint density at radius 1 is 0.783 bits per heavy atom. The minimum Gasteiger partial charge on any atom is -0.255 e. The van der Waals surface area contributed by atoms with Crippen molar-refractivity contribution in [2.24, 2.45) is 0 Å². The van der Waals surface area contributed by atoms with Crippen LogP contribution in [0.5, 0.6) is 0 Å². The molecule has 0 saturated carbocycles. The number of halogens is 1. The maximum absolute atomic E-state index is 4.19. The van der Waals surface area contributed by atoms with Gasteiger partial charge in [-0.2, -0.15) is 34.9 Å². The molecular weight excluding hydrogens is 395 g/mol. The molecule has 3 aromatic rings. The first-order valence-corrected chi connectivity index (χ1v) is 9.51. The zero-order valence-corrected chi connectivity index (χ0v) is 15.9. The molecule has 3 rings (SSSR count). The number of hydrogen-bond acceptors (Lipinski definition) is 2. The molecule has 2 nitrogen and oxygen atoms in total. The molecule has 2 heterocycles. The summed E-state index contributed by atoms with van der Waals surface area (Å²) in [7, 11) is 0. The Kier molecular flexibility index (Phi) is 9.43. The quantitative estimate of drug-likeness (QED) is 0.394. The number of aromatic nitrogens is 2. The third kappa shape index (κ3) is 7.54. The summed E-state index contributed by atoms with van der Waals surface area (Å²) in [5.41, 5.74) is 5.61. The first kappa shape index (κ1) is 19.5. The van der Waals surface area contributed by atoms with Crippen molar-refractivity contribution in [1.82, 2.24) is 9.97 Å². The van der Waals surface area contributed by atoms with Crippen LogP contribution in [0.3, 0.4) is 0 Å². The topological polar surface area (TPSA) is 25.8 Å². The Morgan fingerprint density at radius 3 is 1.52 bits per heavy atom. The molecule has 0 fully saturated rings. The van der Waals surface area contributed by atoms with E-state index in [0.29, 0.717) is 0 Å². The number of nitrogens with zero attached hydrogens (tertiary/aromatic N) is 2. The number of pyridine rings is 2. The van der Waals surface area contributed by atoms with E-state index in [1.165, 1.54) is 16.7 Å². The minimum atomic E-state index is 0.915. The summed E-state index contributed by atoms with van der Waals surface area (Å²) in [6.07, 6.45) is 3.54. The Hall–Kier alpha value is -1.51. The molecule has 0 radical (unpaired) electrons. The molecule has 0 atom stereocenters. The SMILES string of the molecule is Cc1[c-]c(C)cc(C)c1.[Ni][Br].c1ccc(-c2ccccn2)nc1. The third-order valence-electron chi connectivity index (χ3n) is 2.87. The van der Waals surface area contributed by atoms with Crippen LogP contribution in [0.15, 0.2) is 60.9 Å². The Bertz CT molecular complexity index is 600. The molecule has 1 aromatic carbocycles. The molecular formula is C19H19BrN2Ni-. The number of hydrogen-bond donors (Lipinski definition) is 0. The predicted octanol–water partition coefficient (Wildman–Crippen LogP) is 5.40. The summed E-state index contributed by atoms with van der Waals surface area (Å²) in [6.45, 7) is 6.24. The van der Waals surface area contributed by atoms with Crippen LogP contribution in [0.25, 0.3) is 11.4 Å². The fourth-order valence-corrected chi connectivity index (χ4v) is 2.14. The van der Waals surface area contributed by atoms with Crippen molar-refractivity contribution >= 4 is 14.2 Å². The molecule has 4 heteroatoms. The summed E-state index contributed by atoms with van der Waals surface area (Å²) in [6, 6.07) is 19.1. The molecule has 23 heavy (non-hydrogen) atoms. The minimum absolute atomic E-state index is 0.915. The Labute approximate surface area is 153 Å². The second-order valence-corrected chi connectivity index (χ2v) is 4.95. The fourth-order valence-electron chi connectivity index (χ4n) is 2.14. The normalized spacial score (nSPS) is 9.13. The van der Waals surface area contributed by atoms with Gasteiger partial charge in [-0.3, -0.25) is 9.97 Å². The summed E-state index contributed by atoms with van der Waals surface area (Å²) in [5, 5.41) is 0. The summed E-state index contributed by atoms with van der Waals surface area (Å²) >= 11 is 6.25. The van der Waals surface area contributed by atoms with Crippen LogP contribution in [-0.4, -0.2) is 9.97 Å². The van der Waals surface area contributed by atoms with Crippen molar-refractivity contribution in [2.75, 3.05) is 0 Å². The standard InChI is InChI=1S/C10H8N2.C9H11.BrH.Ni/c1-3-7-11-9(5-1)10-6-2-4-8-12-10;1-7-4-8(2)6-9(3)5-7;;/h1-8H;4-5H,1-3H3;1H;/q;-1;;+1/p-1. The maximum Gasteiger partial charge on any atom is 0.0886 e. The second-order valence-electron chi connectivity index (χ2n) is 4.95. The molecule has 0 aliphatic heterocycles. The van der Waals surface area contributed by atoms with Crippen LogP contribution in [0.1, 0.15) is 16.7 Å². The average molecular weight is 414 g/mol. The van der Waals surface area contributed by atoms with E-state index in [2.05, 4.69) is 76.9 Å². The van der Waals surface area contributed by atoms with Crippen LogP contribution in [0.2, 0.25) is 0 Å². The fraction of sp³-hybridized carbons (Fsp3) is 0.158. The smallest absolute Gasteiger partial charge is 0.0886 e. The van der Waals surface area contributed by atoms with Gasteiger partial charge in [0.2, 0.25) is 0 Å². The summed E-state index contributed by atoms with van der Waals surface area (Å²) < 4.78 is 0. The van der Waals surface area contributed by atoms with Crippen molar-refractivity contribution < 1.29 is 13.7 Å². The van der Waals surface area contributed by atoms with Crippen molar-refractivity contribution in [3.63, 3.8) is 0 Å². The van der Waals surface area contributed by atoms with Crippen LogP contribution in [-0.2, 0) is 13.7 Å². The van der Waals surface area contributed by atoms with E-state index in [1.807, 2.05) is 36.4 Å². The van der Waals surface area contributed by atoms with Crippen LogP contribution < -0.4 is 0 Å².